The van der Waals surface area contributed by atoms with Crippen LogP contribution in [0.5, 0.6) is 0 Å². The van der Waals surface area contributed by atoms with Gasteiger partial charge in [0.15, 0.2) is 0 Å². The van der Waals surface area contributed by atoms with Crippen LogP contribution in [0.15, 0.2) is 48.8 Å². The molecule has 2 aromatic heterocycles. The van der Waals surface area contributed by atoms with E-state index in [9.17, 15) is 0 Å². The van der Waals surface area contributed by atoms with Crippen LogP contribution < -0.4 is 5.73 Å². The number of hydrogen-bond acceptors (Lipinski definition) is 4. The highest BCUT2D eigenvalue weighted by Crippen LogP contribution is 2.27. The molecule has 0 aliphatic carbocycles. The average molecular weight is 251 g/mol. The maximum atomic E-state index is 6.14. The van der Waals surface area contributed by atoms with Crippen LogP contribution in [0.3, 0.4) is 0 Å². The van der Waals surface area contributed by atoms with Crippen molar-refractivity contribution < 1.29 is 0 Å². The highest BCUT2D eigenvalue weighted by molar-refractivity contribution is 5.68. The van der Waals surface area contributed by atoms with E-state index in [1.165, 1.54) is 0 Å². The summed E-state index contributed by atoms with van der Waals surface area (Å²) in [5, 5.41) is 12.2. The predicted molar refractivity (Wildman–Crippen MR) is 73.7 cm³/mol. The number of nitrogens with zero attached hydrogens (tertiary/aromatic N) is 4. The molecule has 94 valence electrons. The van der Waals surface area contributed by atoms with E-state index in [1.807, 2.05) is 43.3 Å². The van der Waals surface area contributed by atoms with Gasteiger partial charge in [0.2, 0.25) is 0 Å². The molecular weight excluding hydrogens is 238 g/mol. The molecule has 0 radical (unpaired) electrons. The molecule has 1 aromatic carbocycles. The number of benzene rings is 1. The van der Waals surface area contributed by atoms with Gasteiger partial charge in [-0.15, -0.1) is 0 Å². The Morgan fingerprint density at radius 3 is 2.53 bits per heavy atom. The molecule has 19 heavy (non-hydrogen) atoms. The number of rotatable bonds is 2. The van der Waals surface area contributed by atoms with E-state index < -0.39 is 0 Å². The van der Waals surface area contributed by atoms with E-state index in [-0.39, 0.29) is 0 Å². The third kappa shape index (κ3) is 1.95. The largest absolute Gasteiger partial charge is 0.383 e. The molecule has 0 saturated heterocycles. The molecule has 0 aliphatic heterocycles. The molecule has 3 aromatic rings. The number of hydrogen-bond donors (Lipinski definition) is 1. The first-order valence-electron chi connectivity index (χ1n) is 5.95. The van der Waals surface area contributed by atoms with Crippen LogP contribution in [0.25, 0.3) is 16.9 Å². The smallest absolute Gasteiger partial charge is 0.130 e. The minimum atomic E-state index is 0.637. The standard InChI is InChI=1S/C14H13N5/c1-10-13(11-7-8-16-17-9-11)18-19(14(10)15)12-5-3-2-4-6-12/h2-9H,15H2,1H3. The lowest BCUT2D eigenvalue weighted by Crippen LogP contribution is -2.01. The second-order valence-electron chi connectivity index (χ2n) is 4.24. The van der Waals surface area contributed by atoms with Gasteiger partial charge in [-0.05, 0) is 25.1 Å². The summed E-state index contributed by atoms with van der Waals surface area (Å²) in [6.45, 7) is 1.96. The van der Waals surface area contributed by atoms with Crippen molar-refractivity contribution in [1.29, 1.82) is 0 Å². The lowest BCUT2D eigenvalue weighted by Gasteiger charge is -2.02. The monoisotopic (exact) mass is 251 g/mol. The van der Waals surface area contributed by atoms with Crippen molar-refractivity contribution in [3.63, 3.8) is 0 Å². The van der Waals surface area contributed by atoms with Crippen molar-refractivity contribution in [3.8, 4) is 16.9 Å². The summed E-state index contributed by atoms with van der Waals surface area (Å²) in [5.41, 5.74) is 9.76. The second-order valence-corrected chi connectivity index (χ2v) is 4.24. The average Bonchev–Trinajstić information content (AvgIpc) is 2.77. The highest BCUT2D eigenvalue weighted by Gasteiger charge is 2.14. The highest BCUT2D eigenvalue weighted by atomic mass is 15.3. The predicted octanol–water partition coefficient (Wildman–Crippen LogP) is 2.22. The van der Waals surface area contributed by atoms with Crippen molar-refractivity contribution in [3.05, 3.63) is 54.4 Å². The molecule has 0 aliphatic rings. The summed E-state index contributed by atoms with van der Waals surface area (Å²) in [5.74, 6) is 0.637. The quantitative estimate of drug-likeness (QED) is 0.758. The first kappa shape index (κ1) is 11.4. The fourth-order valence-electron chi connectivity index (χ4n) is 1.98. The van der Waals surface area contributed by atoms with Gasteiger partial charge in [0, 0.05) is 11.1 Å². The van der Waals surface area contributed by atoms with E-state index >= 15 is 0 Å². The normalized spacial score (nSPS) is 10.6. The number of aromatic nitrogens is 4. The van der Waals surface area contributed by atoms with Gasteiger partial charge >= 0.3 is 0 Å². The third-order valence-electron chi connectivity index (χ3n) is 3.03. The Balaban J connectivity index is 2.16. The maximum Gasteiger partial charge on any atom is 0.130 e. The summed E-state index contributed by atoms with van der Waals surface area (Å²) < 4.78 is 1.74. The lowest BCUT2D eigenvalue weighted by molar-refractivity contribution is 0.893. The molecule has 0 saturated carbocycles. The van der Waals surface area contributed by atoms with Crippen LogP contribution in [0, 0.1) is 6.92 Å². The fraction of sp³-hybridized carbons (Fsp3) is 0.0714. The van der Waals surface area contributed by atoms with Gasteiger partial charge < -0.3 is 5.73 Å². The summed E-state index contributed by atoms with van der Waals surface area (Å²) >= 11 is 0. The van der Waals surface area contributed by atoms with Crippen molar-refractivity contribution in [2.75, 3.05) is 5.73 Å². The zero-order valence-corrected chi connectivity index (χ0v) is 10.5. The van der Waals surface area contributed by atoms with Gasteiger partial charge in [-0.3, -0.25) is 0 Å². The first-order chi connectivity index (χ1) is 9.27. The number of nitrogens with two attached hydrogens (primary N) is 1. The molecule has 5 heteroatoms. The van der Waals surface area contributed by atoms with E-state index in [1.54, 1.807) is 17.1 Å². The second kappa shape index (κ2) is 4.53. The van der Waals surface area contributed by atoms with Crippen molar-refractivity contribution in [1.82, 2.24) is 20.0 Å². The number of anilines is 1. The van der Waals surface area contributed by atoms with Crippen molar-refractivity contribution in [2.45, 2.75) is 6.92 Å². The van der Waals surface area contributed by atoms with Crippen LogP contribution in [0.1, 0.15) is 5.56 Å². The summed E-state index contributed by atoms with van der Waals surface area (Å²) in [7, 11) is 0. The van der Waals surface area contributed by atoms with Gasteiger partial charge in [-0.2, -0.15) is 15.3 Å². The minimum absolute atomic E-state index is 0.637. The molecule has 2 heterocycles. The Labute approximate surface area is 110 Å². The lowest BCUT2D eigenvalue weighted by atomic mass is 10.1. The van der Waals surface area contributed by atoms with Crippen molar-refractivity contribution >= 4 is 5.82 Å². The Morgan fingerprint density at radius 2 is 1.84 bits per heavy atom. The van der Waals surface area contributed by atoms with Gasteiger partial charge in [0.05, 0.1) is 23.8 Å². The Kier molecular flexibility index (Phi) is 2.72. The van der Waals surface area contributed by atoms with Gasteiger partial charge in [-0.25, -0.2) is 4.68 Å². The third-order valence-corrected chi connectivity index (χ3v) is 3.03. The van der Waals surface area contributed by atoms with E-state index in [0.29, 0.717) is 5.82 Å². The van der Waals surface area contributed by atoms with Gasteiger partial charge in [0.1, 0.15) is 5.82 Å². The van der Waals surface area contributed by atoms with E-state index in [2.05, 4.69) is 15.3 Å². The molecule has 0 spiro atoms. The number of para-hydroxylation sites is 1. The van der Waals surface area contributed by atoms with E-state index in [4.69, 9.17) is 5.73 Å². The molecule has 0 unspecified atom stereocenters. The zero-order chi connectivity index (χ0) is 13.2. The van der Waals surface area contributed by atoms with Crippen LogP contribution in [-0.2, 0) is 0 Å². The Bertz CT molecular complexity index is 629. The molecule has 0 atom stereocenters. The van der Waals surface area contributed by atoms with Crippen molar-refractivity contribution in [2.24, 2.45) is 0 Å². The molecular formula is C14H13N5. The van der Waals surface area contributed by atoms with E-state index in [0.717, 1.165) is 22.5 Å². The summed E-state index contributed by atoms with van der Waals surface area (Å²) in [6, 6.07) is 11.7. The zero-order valence-electron chi connectivity index (χ0n) is 10.5. The molecule has 0 fully saturated rings. The molecule has 5 nitrogen and oxygen atoms in total. The van der Waals surface area contributed by atoms with Crippen LogP contribution in [0.2, 0.25) is 0 Å². The molecule has 2 N–H and O–H groups in total. The van der Waals surface area contributed by atoms with Crippen LogP contribution >= 0.6 is 0 Å². The van der Waals surface area contributed by atoms with Crippen LogP contribution in [-0.4, -0.2) is 20.0 Å². The fourth-order valence-corrected chi connectivity index (χ4v) is 1.98. The summed E-state index contributed by atoms with van der Waals surface area (Å²) in [6.07, 6.45) is 3.33. The van der Waals surface area contributed by atoms with Crippen LogP contribution in [0.4, 0.5) is 5.82 Å². The topological polar surface area (TPSA) is 69.6 Å². The maximum absolute atomic E-state index is 6.14. The SMILES string of the molecule is Cc1c(-c2ccnnc2)nn(-c2ccccc2)c1N. The molecule has 0 bridgehead atoms. The Morgan fingerprint density at radius 1 is 1.05 bits per heavy atom. The first-order valence-corrected chi connectivity index (χ1v) is 5.95. The Hall–Kier alpha value is -2.69. The molecule has 0 amide bonds. The van der Waals surface area contributed by atoms with Gasteiger partial charge in [-0.1, -0.05) is 18.2 Å². The minimum Gasteiger partial charge on any atom is -0.383 e. The van der Waals surface area contributed by atoms with Gasteiger partial charge in [0.25, 0.3) is 0 Å². The summed E-state index contributed by atoms with van der Waals surface area (Å²) in [4.78, 5) is 0. The molecule has 3 rings (SSSR count). The number of nitrogen functional groups attached to an aromatic ring is 1.